The Morgan fingerprint density at radius 3 is 2.37 bits per heavy atom. The zero-order chi connectivity index (χ0) is 13.7. The second-order valence-electron chi connectivity index (χ2n) is 5.79. The summed E-state index contributed by atoms with van der Waals surface area (Å²) in [5.74, 6) is 0. The summed E-state index contributed by atoms with van der Waals surface area (Å²) in [6.07, 6.45) is 3.55. The first kappa shape index (κ1) is 14.4. The van der Waals surface area contributed by atoms with E-state index >= 15 is 0 Å². The first-order valence-corrected chi connectivity index (χ1v) is 7.36. The number of hydrogen-bond acceptors (Lipinski definition) is 3. The second-order valence-corrected chi connectivity index (χ2v) is 5.79. The minimum Gasteiger partial charge on any atom is -0.394 e. The Bertz CT molecular complexity index is 378. The van der Waals surface area contributed by atoms with E-state index in [9.17, 15) is 5.11 Å². The lowest BCUT2D eigenvalue weighted by Crippen LogP contribution is -2.44. The molecule has 3 nitrogen and oxygen atoms in total. The molecule has 0 amide bonds. The molecule has 0 saturated carbocycles. The van der Waals surface area contributed by atoms with Crippen LogP contribution in [0.25, 0.3) is 0 Å². The van der Waals surface area contributed by atoms with E-state index in [1.807, 2.05) is 0 Å². The Morgan fingerprint density at radius 1 is 1.21 bits per heavy atom. The topological polar surface area (TPSA) is 35.5 Å². The molecule has 1 atom stereocenters. The van der Waals surface area contributed by atoms with E-state index in [0.29, 0.717) is 0 Å². The molecule has 19 heavy (non-hydrogen) atoms. The predicted octanol–water partition coefficient (Wildman–Crippen LogP) is 2.54. The number of hydrogen-bond donors (Lipinski definition) is 2. The molecule has 2 rings (SSSR count). The van der Waals surface area contributed by atoms with Crippen LogP contribution in [0.15, 0.2) is 24.3 Å². The molecule has 1 aliphatic rings. The van der Waals surface area contributed by atoms with Crippen molar-refractivity contribution in [1.29, 1.82) is 0 Å². The molecule has 0 aliphatic carbocycles. The first-order chi connectivity index (χ1) is 9.17. The third kappa shape index (κ3) is 3.71. The van der Waals surface area contributed by atoms with Crippen LogP contribution in [0.3, 0.4) is 0 Å². The maximum Gasteiger partial charge on any atom is 0.0610 e. The average molecular weight is 262 g/mol. The van der Waals surface area contributed by atoms with Crippen LogP contribution in [0.2, 0.25) is 0 Å². The number of aliphatic hydroxyl groups is 1. The molecule has 0 radical (unpaired) electrons. The van der Waals surface area contributed by atoms with E-state index in [2.05, 4.69) is 48.3 Å². The molecule has 1 fully saturated rings. The zero-order valence-electron chi connectivity index (χ0n) is 12.2. The maximum absolute atomic E-state index is 9.38. The van der Waals surface area contributed by atoms with Crippen LogP contribution in [0, 0.1) is 0 Å². The third-order valence-electron chi connectivity index (χ3n) is 4.26. The molecule has 1 aromatic rings. The molecule has 106 valence electrons. The fraction of sp³-hybridized carbons (Fsp3) is 0.625. The normalized spacial score (nSPS) is 18.6. The average Bonchev–Trinajstić information content (AvgIpc) is 2.99. The van der Waals surface area contributed by atoms with Gasteiger partial charge in [0, 0.05) is 30.9 Å². The Labute approximate surface area is 116 Å². The van der Waals surface area contributed by atoms with Crippen molar-refractivity contribution in [2.75, 3.05) is 24.6 Å². The fourth-order valence-corrected chi connectivity index (χ4v) is 2.41. The number of rotatable bonds is 6. The van der Waals surface area contributed by atoms with Crippen molar-refractivity contribution in [3.63, 3.8) is 0 Å². The fourth-order valence-electron chi connectivity index (χ4n) is 2.41. The largest absolute Gasteiger partial charge is 0.394 e. The lowest BCUT2D eigenvalue weighted by molar-refractivity contribution is 0.169. The Kier molecular flexibility index (Phi) is 4.83. The first-order valence-electron chi connectivity index (χ1n) is 7.36. The van der Waals surface area contributed by atoms with Crippen LogP contribution < -0.4 is 10.2 Å². The van der Waals surface area contributed by atoms with Crippen molar-refractivity contribution in [1.82, 2.24) is 5.32 Å². The monoisotopic (exact) mass is 262 g/mol. The SMILES string of the molecule is CCC(C)(CO)NCc1ccc(N2CCCC2)cc1. The van der Waals surface area contributed by atoms with Crippen LogP contribution in [-0.4, -0.2) is 30.3 Å². The van der Waals surface area contributed by atoms with Gasteiger partial charge in [0.05, 0.1) is 6.61 Å². The number of benzene rings is 1. The van der Waals surface area contributed by atoms with E-state index in [1.54, 1.807) is 0 Å². The molecule has 1 aliphatic heterocycles. The molecule has 1 aromatic carbocycles. The lowest BCUT2D eigenvalue weighted by atomic mass is 10.00. The highest BCUT2D eigenvalue weighted by atomic mass is 16.3. The second kappa shape index (κ2) is 6.40. The molecule has 2 N–H and O–H groups in total. The quantitative estimate of drug-likeness (QED) is 0.827. The van der Waals surface area contributed by atoms with Gasteiger partial charge < -0.3 is 15.3 Å². The summed E-state index contributed by atoms with van der Waals surface area (Å²) in [4.78, 5) is 2.45. The van der Waals surface area contributed by atoms with Crippen molar-refractivity contribution in [2.45, 2.75) is 45.2 Å². The Balaban J connectivity index is 1.91. The smallest absolute Gasteiger partial charge is 0.0610 e. The van der Waals surface area contributed by atoms with Gasteiger partial charge >= 0.3 is 0 Å². The van der Waals surface area contributed by atoms with Gasteiger partial charge in [-0.05, 0) is 43.9 Å². The van der Waals surface area contributed by atoms with Crippen molar-refractivity contribution in [3.05, 3.63) is 29.8 Å². The van der Waals surface area contributed by atoms with Gasteiger partial charge in [0.25, 0.3) is 0 Å². The predicted molar refractivity (Wildman–Crippen MR) is 80.5 cm³/mol. The summed E-state index contributed by atoms with van der Waals surface area (Å²) >= 11 is 0. The summed E-state index contributed by atoms with van der Waals surface area (Å²) in [5.41, 5.74) is 2.44. The van der Waals surface area contributed by atoms with Crippen LogP contribution >= 0.6 is 0 Å². The summed E-state index contributed by atoms with van der Waals surface area (Å²) in [5, 5.41) is 12.8. The van der Waals surface area contributed by atoms with E-state index in [1.165, 1.54) is 37.2 Å². The molecule has 0 spiro atoms. The highest BCUT2D eigenvalue weighted by molar-refractivity contribution is 5.48. The number of aliphatic hydroxyl groups excluding tert-OH is 1. The molecule has 3 heteroatoms. The summed E-state index contributed by atoms with van der Waals surface area (Å²) in [6.45, 7) is 7.53. The zero-order valence-corrected chi connectivity index (χ0v) is 12.2. The van der Waals surface area contributed by atoms with Crippen molar-refractivity contribution in [2.24, 2.45) is 0 Å². The van der Waals surface area contributed by atoms with Crippen LogP contribution in [0.5, 0.6) is 0 Å². The lowest BCUT2D eigenvalue weighted by Gasteiger charge is -2.27. The van der Waals surface area contributed by atoms with Crippen molar-refractivity contribution >= 4 is 5.69 Å². The summed E-state index contributed by atoms with van der Waals surface area (Å²) < 4.78 is 0. The van der Waals surface area contributed by atoms with Gasteiger partial charge in [-0.2, -0.15) is 0 Å². The Hall–Kier alpha value is -1.06. The summed E-state index contributed by atoms with van der Waals surface area (Å²) in [6, 6.07) is 8.80. The van der Waals surface area contributed by atoms with Gasteiger partial charge in [0.15, 0.2) is 0 Å². The third-order valence-corrected chi connectivity index (χ3v) is 4.26. The molecule has 1 saturated heterocycles. The van der Waals surface area contributed by atoms with Gasteiger partial charge in [-0.25, -0.2) is 0 Å². The molecule has 1 unspecified atom stereocenters. The minimum atomic E-state index is -0.173. The number of nitrogens with one attached hydrogen (secondary N) is 1. The molecule has 1 heterocycles. The number of anilines is 1. The van der Waals surface area contributed by atoms with E-state index in [-0.39, 0.29) is 12.1 Å². The molecule has 0 bridgehead atoms. The minimum absolute atomic E-state index is 0.173. The summed E-state index contributed by atoms with van der Waals surface area (Å²) in [7, 11) is 0. The van der Waals surface area contributed by atoms with Crippen molar-refractivity contribution in [3.8, 4) is 0 Å². The van der Waals surface area contributed by atoms with Crippen LogP contribution in [0.1, 0.15) is 38.7 Å². The molecular formula is C16H26N2O. The van der Waals surface area contributed by atoms with Crippen molar-refractivity contribution < 1.29 is 5.11 Å². The van der Waals surface area contributed by atoms with Gasteiger partial charge in [-0.3, -0.25) is 0 Å². The van der Waals surface area contributed by atoms with E-state index in [0.717, 1.165) is 13.0 Å². The Morgan fingerprint density at radius 2 is 1.84 bits per heavy atom. The van der Waals surface area contributed by atoms with E-state index in [4.69, 9.17) is 0 Å². The van der Waals surface area contributed by atoms with Gasteiger partial charge in [-0.15, -0.1) is 0 Å². The highest BCUT2D eigenvalue weighted by Crippen LogP contribution is 2.20. The molecule has 0 aromatic heterocycles. The van der Waals surface area contributed by atoms with Gasteiger partial charge in [0.2, 0.25) is 0 Å². The van der Waals surface area contributed by atoms with Crippen LogP contribution in [0.4, 0.5) is 5.69 Å². The van der Waals surface area contributed by atoms with E-state index < -0.39 is 0 Å². The number of nitrogens with zero attached hydrogens (tertiary/aromatic N) is 1. The molecular weight excluding hydrogens is 236 g/mol. The maximum atomic E-state index is 9.38. The van der Waals surface area contributed by atoms with Gasteiger partial charge in [0.1, 0.15) is 0 Å². The standard InChI is InChI=1S/C16H26N2O/c1-3-16(2,13-19)17-12-14-6-8-15(9-7-14)18-10-4-5-11-18/h6-9,17,19H,3-5,10-13H2,1-2H3. The van der Waals surface area contributed by atoms with Gasteiger partial charge in [-0.1, -0.05) is 19.1 Å². The van der Waals surface area contributed by atoms with Crippen LogP contribution in [-0.2, 0) is 6.54 Å². The highest BCUT2D eigenvalue weighted by Gasteiger charge is 2.19.